The van der Waals surface area contributed by atoms with Crippen molar-refractivity contribution in [2.45, 2.75) is 13.3 Å². The Balaban J connectivity index is 1.89. The number of rotatable bonds is 8. The van der Waals surface area contributed by atoms with Crippen LogP contribution in [-0.4, -0.2) is 37.3 Å². The molecule has 0 aliphatic rings. The van der Waals surface area contributed by atoms with Crippen molar-refractivity contribution in [1.82, 2.24) is 10.6 Å². The van der Waals surface area contributed by atoms with E-state index in [1.54, 1.807) is 18.2 Å². The quantitative estimate of drug-likeness (QED) is 0.508. The number of aliphatic hydroxyl groups excluding tert-OH is 1. The summed E-state index contributed by atoms with van der Waals surface area (Å²) in [6.07, 6.45) is 0.645. The molecule has 0 radical (unpaired) electrons. The maximum atomic E-state index is 14.2. The number of nitrogens with zero attached hydrogens (tertiary/aromatic N) is 1. The van der Waals surface area contributed by atoms with Crippen LogP contribution >= 0.6 is 0 Å². The van der Waals surface area contributed by atoms with Crippen molar-refractivity contribution in [2.75, 3.05) is 26.2 Å². The summed E-state index contributed by atoms with van der Waals surface area (Å²) in [5, 5.41) is 15.1. The molecule has 0 aliphatic heterocycles. The molecule has 134 valence electrons. The van der Waals surface area contributed by atoms with Crippen molar-refractivity contribution in [1.29, 1.82) is 0 Å². The second kappa shape index (κ2) is 10.3. The Labute approximate surface area is 147 Å². The molecule has 6 heteroatoms. The van der Waals surface area contributed by atoms with Crippen LogP contribution in [-0.2, 0) is 6.42 Å². The summed E-state index contributed by atoms with van der Waals surface area (Å²) in [5.41, 5.74) is 0.864. The average molecular weight is 345 g/mol. The third-order valence-corrected chi connectivity index (χ3v) is 3.39. The van der Waals surface area contributed by atoms with Gasteiger partial charge in [-0.15, -0.1) is 0 Å². The first-order chi connectivity index (χ1) is 12.2. The summed E-state index contributed by atoms with van der Waals surface area (Å²) in [5.74, 6) is 1.07. The third kappa shape index (κ3) is 6.43. The van der Waals surface area contributed by atoms with E-state index in [2.05, 4.69) is 15.6 Å². The molecule has 0 saturated heterocycles. The van der Waals surface area contributed by atoms with Gasteiger partial charge in [-0.1, -0.05) is 24.3 Å². The van der Waals surface area contributed by atoms with Gasteiger partial charge in [0.05, 0.1) is 13.2 Å². The zero-order chi connectivity index (χ0) is 17.9. The highest BCUT2D eigenvalue weighted by Gasteiger charge is 2.06. The van der Waals surface area contributed by atoms with Crippen molar-refractivity contribution < 1.29 is 14.2 Å². The predicted octanol–water partition coefficient (Wildman–Crippen LogP) is 2.71. The molecule has 0 heterocycles. The lowest BCUT2D eigenvalue weighted by atomic mass is 10.1. The molecule has 25 heavy (non-hydrogen) atoms. The first kappa shape index (κ1) is 18.7. The van der Waals surface area contributed by atoms with Crippen LogP contribution in [0.1, 0.15) is 12.5 Å². The Morgan fingerprint density at radius 2 is 1.96 bits per heavy atom. The second-order valence-electron chi connectivity index (χ2n) is 5.34. The van der Waals surface area contributed by atoms with Crippen molar-refractivity contribution >= 4 is 5.96 Å². The van der Waals surface area contributed by atoms with Crippen LogP contribution < -0.4 is 15.4 Å². The maximum absolute atomic E-state index is 14.2. The van der Waals surface area contributed by atoms with Gasteiger partial charge >= 0.3 is 0 Å². The average Bonchev–Trinajstić information content (AvgIpc) is 2.63. The van der Waals surface area contributed by atoms with E-state index >= 15 is 0 Å². The lowest BCUT2D eigenvalue weighted by Crippen LogP contribution is -2.38. The molecule has 3 N–H and O–H groups in total. The number of guanidine groups is 1. The van der Waals surface area contributed by atoms with Crippen molar-refractivity contribution in [2.24, 2.45) is 4.99 Å². The van der Waals surface area contributed by atoms with E-state index in [0.29, 0.717) is 31.2 Å². The van der Waals surface area contributed by atoms with Crippen LogP contribution in [0.3, 0.4) is 0 Å². The van der Waals surface area contributed by atoms with E-state index in [0.717, 1.165) is 12.1 Å². The molecule has 0 aliphatic carbocycles. The van der Waals surface area contributed by atoms with E-state index < -0.39 is 0 Å². The van der Waals surface area contributed by atoms with Gasteiger partial charge in [-0.2, -0.15) is 0 Å². The number of benzene rings is 2. The highest BCUT2D eigenvalue weighted by molar-refractivity contribution is 5.79. The smallest absolute Gasteiger partial charge is 0.191 e. The van der Waals surface area contributed by atoms with E-state index in [1.165, 1.54) is 6.07 Å². The van der Waals surface area contributed by atoms with E-state index in [4.69, 9.17) is 9.84 Å². The van der Waals surface area contributed by atoms with Gasteiger partial charge in [0, 0.05) is 13.1 Å². The monoisotopic (exact) mass is 345 g/mol. The number of ether oxygens (including phenoxy) is 1. The van der Waals surface area contributed by atoms with Crippen LogP contribution in [0.25, 0.3) is 0 Å². The lowest BCUT2D eigenvalue weighted by molar-refractivity contribution is 0.306. The molecule has 0 spiro atoms. The lowest BCUT2D eigenvalue weighted by Gasteiger charge is -2.12. The van der Waals surface area contributed by atoms with Gasteiger partial charge in [0.1, 0.15) is 5.75 Å². The fourth-order valence-corrected chi connectivity index (χ4v) is 2.23. The van der Waals surface area contributed by atoms with Gasteiger partial charge in [0.15, 0.2) is 17.5 Å². The second-order valence-corrected chi connectivity index (χ2v) is 5.34. The third-order valence-electron chi connectivity index (χ3n) is 3.39. The molecule has 0 amide bonds. The largest absolute Gasteiger partial charge is 0.454 e. The summed E-state index contributed by atoms with van der Waals surface area (Å²) in [6, 6.07) is 14.1. The summed E-state index contributed by atoms with van der Waals surface area (Å²) in [7, 11) is 0. The Bertz CT molecular complexity index is 678. The molecular weight excluding hydrogens is 321 g/mol. The fraction of sp³-hybridized carbons (Fsp3) is 0.316. The number of halogens is 1. The minimum atomic E-state index is -0.387. The zero-order valence-electron chi connectivity index (χ0n) is 14.3. The number of hydrogen-bond acceptors (Lipinski definition) is 3. The summed E-state index contributed by atoms with van der Waals surface area (Å²) < 4.78 is 19.7. The highest BCUT2D eigenvalue weighted by Crippen LogP contribution is 2.24. The first-order valence-electron chi connectivity index (χ1n) is 8.37. The topological polar surface area (TPSA) is 65.9 Å². The zero-order valence-corrected chi connectivity index (χ0v) is 14.3. The molecule has 2 aromatic carbocycles. The molecule has 0 saturated carbocycles. The van der Waals surface area contributed by atoms with Crippen LogP contribution in [0.15, 0.2) is 53.5 Å². The van der Waals surface area contributed by atoms with E-state index in [9.17, 15) is 4.39 Å². The number of para-hydroxylation sites is 1. The molecule has 0 atom stereocenters. The molecule has 2 aromatic rings. The van der Waals surface area contributed by atoms with Gasteiger partial charge in [-0.25, -0.2) is 4.39 Å². The predicted molar refractivity (Wildman–Crippen MR) is 97.7 cm³/mol. The van der Waals surface area contributed by atoms with Gasteiger partial charge < -0.3 is 20.5 Å². The Morgan fingerprint density at radius 1 is 1.16 bits per heavy atom. The Hall–Kier alpha value is -2.60. The molecule has 0 fully saturated rings. The maximum Gasteiger partial charge on any atom is 0.191 e. The fourth-order valence-electron chi connectivity index (χ4n) is 2.23. The molecule has 2 rings (SSSR count). The van der Waals surface area contributed by atoms with Crippen molar-refractivity contribution in [3.8, 4) is 11.5 Å². The number of nitrogens with one attached hydrogen (secondary N) is 2. The Morgan fingerprint density at radius 3 is 2.64 bits per heavy atom. The van der Waals surface area contributed by atoms with Gasteiger partial charge in [-0.05, 0) is 43.2 Å². The Kier molecular flexibility index (Phi) is 7.72. The number of aliphatic imine (C=N–C) groups is 1. The molecule has 0 bridgehead atoms. The standard InChI is InChI=1S/C19H24FN3O2/c1-2-21-19(23-12-13-24)22-11-10-15-8-9-18(17(20)14-15)25-16-6-4-3-5-7-16/h3-9,14,24H,2,10-13H2,1H3,(H2,21,22,23). The minimum absolute atomic E-state index is 0.00462. The van der Waals surface area contributed by atoms with E-state index in [-0.39, 0.29) is 18.2 Å². The van der Waals surface area contributed by atoms with Crippen LogP contribution in [0.5, 0.6) is 11.5 Å². The van der Waals surface area contributed by atoms with Crippen molar-refractivity contribution in [3.63, 3.8) is 0 Å². The summed E-state index contributed by atoms with van der Waals surface area (Å²) in [4.78, 5) is 4.19. The normalized spacial score (nSPS) is 11.2. The minimum Gasteiger partial charge on any atom is -0.454 e. The van der Waals surface area contributed by atoms with Crippen molar-refractivity contribution in [3.05, 3.63) is 59.9 Å². The molecule has 0 unspecified atom stereocenters. The first-order valence-corrected chi connectivity index (χ1v) is 8.37. The van der Waals surface area contributed by atoms with Gasteiger partial charge in [-0.3, -0.25) is 4.99 Å². The number of aliphatic hydroxyl groups is 1. The van der Waals surface area contributed by atoms with Gasteiger partial charge in [0.25, 0.3) is 0 Å². The molecular formula is C19H24FN3O2. The van der Waals surface area contributed by atoms with Gasteiger partial charge in [0.2, 0.25) is 0 Å². The van der Waals surface area contributed by atoms with Crippen LogP contribution in [0, 0.1) is 5.82 Å². The highest BCUT2D eigenvalue weighted by atomic mass is 19.1. The number of hydrogen-bond donors (Lipinski definition) is 3. The van der Waals surface area contributed by atoms with Crippen LogP contribution in [0.2, 0.25) is 0 Å². The molecule has 0 aromatic heterocycles. The summed E-state index contributed by atoms with van der Waals surface area (Å²) in [6.45, 7) is 3.66. The molecule has 5 nitrogen and oxygen atoms in total. The van der Waals surface area contributed by atoms with Crippen LogP contribution in [0.4, 0.5) is 4.39 Å². The summed E-state index contributed by atoms with van der Waals surface area (Å²) >= 11 is 0. The SMILES string of the molecule is CCNC(=NCCO)NCCc1ccc(Oc2ccccc2)c(F)c1. The van der Waals surface area contributed by atoms with E-state index in [1.807, 2.05) is 31.2 Å².